The maximum absolute atomic E-state index is 12.7. The number of rotatable bonds is 4. The number of benzene rings is 1. The summed E-state index contributed by atoms with van der Waals surface area (Å²) < 4.78 is 26.9. The maximum Gasteiger partial charge on any atom is 0.335 e. The van der Waals surface area contributed by atoms with Crippen molar-refractivity contribution in [2.24, 2.45) is 0 Å². The molecule has 1 unspecified atom stereocenters. The second kappa shape index (κ2) is 6.70. The monoisotopic (exact) mass is 346 g/mol. The van der Waals surface area contributed by atoms with Crippen molar-refractivity contribution >= 4 is 16.0 Å². The largest absolute Gasteiger partial charge is 0.478 e. The summed E-state index contributed by atoms with van der Waals surface area (Å²) in [7, 11) is -3.57. The Morgan fingerprint density at radius 3 is 2.79 bits per heavy atom. The number of aromatic nitrogens is 1. The van der Waals surface area contributed by atoms with Gasteiger partial charge in [-0.25, -0.2) is 13.2 Å². The first kappa shape index (κ1) is 16.6. The molecule has 7 heteroatoms. The number of sulfonamides is 1. The van der Waals surface area contributed by atoms with E-state index in [2.05, 4.69) is 4.98 Å². The van der Waals surface area contributed by atoms with Crippen LogP contribution in [0.25, 0.3) is 0 Å². The van der Waals surface area contributed by atoms with Crippen LogP contribution in [0, 0.1) is 0 Å². The zero-order valence-corrected chi connectivity index (χ0v) is 13.8. The molecule has 1 saturated heterocycles. The van der Waals surface area contributed by atoms with Crippen LogP contribution >= 0.6 is 0 Å². The Morgan fingerprint density at radius 2 is 2.08 bits per heavy atom. The van der Waals surface area contributed by atoms with Gasteiger partial charge in [0, 0.05) is 25.5 Å². The van der Waals surface area contributed by atoms with Gasteiger partial charge in [-0.1, -0.05) is 12.1 Å². The summed E-state index contributed by atoms with van der Waals surface area (Å²) in [5.41, 5.74) is 1.08. The summed E-state index contributed by atoms with van der Waals surface area (Å²) in [6.45, 7) is 0.812. The summed E-state index contributed by atoms with van der Waals surface area (Å²) in [4.78, 5) is 15.2. The molecule has 1 atom stereocenters. The molecule has 6 nitrogen and oxygen atoms in total. The minimum atomic E-state index is -3.57. The van der Waals surface area contributed by atoms with Crippen molar-refractivity contribution in [2.75, 3.05) is 13.1 Å². The number of carbonyl (C=O) groups is 1. The molecule has 2 aromatic rings. The molecule has 126 valence electrons. The van der Waals surface area contributed by atoms with Crippen molar-refractivity contribution in [2.45, 2.75) is 23.7 Å². The molecule has 1 aromatic heterocycles. The third-order valence-electron chi connectivity index (χ3n) is 4.26. The molecule has 0 bridgehead atoms. The van der Waals surface area contributed by atoms with Gasteiger partial charge in [0.1, 0.15) is 4.90 Å². The number of hydrogen-bond donors (Lipinski definition) is 1. The number of carboxylic acid groups (broad SMARTS) is 1. The van der Waals surface area contributed by atoms with E-state index < -0.39 is 16.0 Å². The van der Waals surface area contributed by atoms with E-state index in [4.69, 9.17) is 5.11 Å². The van der Waals surface area contributed by atoms with E-state index in [-0.39, 0.29) is 16.4 Å². The van der Waals surface area contributed by atoms with Crippen molar-refractivity contribution in [3.63, 3.8) is 0 Å². The highest BCUT2D eigenvalue weighted by molar-refractivity contribution is 7.89. The average molecular weight is 346 g/mol. The van der Waals surface area contributed by atoms with Gasteiger partial charge in [0.25, 0.3) is 0 Å². The lowest BCUT2D eigenvalue weighted by Gasteiger charge is -2.32. The van der Waals surface area contributed by atoms with E-state index >= 15 is 0 Å². The van der Waals surface area contributed by atoms with E-state index in [0.717, 1.165) is 18.4 Å². The van der Waals surface area contributed by atoms with Gasteiger partial charge >= 0.3 is 5.97 Å². The molecule has 0 aliphatic carbocycles. The van der Waals surface area contributed by atoms with Crippen LogP contribution in [-0.4, -0.2) is 41.9 Å². The molecule has 1 N–H and O–H groups in total. The van der Waals surface area contributed by atoms with E-state index in [1.165, 1.54) is 22.8 Å². The van der Waals surface area contributed by atoms with Crippen LogP contribution in [0.4, 0.5) is 0 Å². The molecule has 1 aromatic carbocycles. The zero-order valence-electron chi connectivity index (χ0n) is 13.0. The fraction of sp³-hybridized carbons (Fsp3) is 0.294. The lowest BCUT2D eigenvalue weighted by atomic mass is 9.91. The van der Waals surface area contributed by atoms with Gasteiger partial charge in [0.05, 0.1) is 5.56 Å². The second-order valence-electron chi connectivity index (χ2n) is 5.82. The van der Waals surface area contributed by atoms with Crippen LogP contribution in [0.3, 0.4) is 0 Å². The summed E-state index contributed by atoms with van der Waals surface area (Å²) in [6, 6.07) is 9.87. The fourth-order valence-corrected chi connectivity index (χ4v) is 4.50. The van der Waals surface area contributed by atoms with Gasteiger partial charge in [-0.15, -0.1) is 0 Å². The summed E-state index contributed by atoms with van der Waals surface area (Å²) in [5, 5.41) is 9.12. The Morgan fingerprint density at radius 1 is 1.25 bits per heavy atom. The second-order valence-corrected chi connectivity index (χ2v) is 7.76. The topological polar surface area (TPSA) is 87.6 Å². The van der Waals surface area contributed by atoms with Crippen LogP contribution < -0.4 is 0 Å². The lowest BCUT2D eigenvalue weighted by molar-refractivity contribution is 0.0696. The molecule has 2 heterocycles. The minimum absolute atomic E-state index is 0.00973. The molecule has 0 saturated carbocycles. The van der Waals surface area contributed by atoms with Gasteiger partial charge in [-0.3, -0.25) is 4.98 Å². The van der Waals surface area contributed by atoms with Gasteiger partial charge in [0.15, 0.2) is 0 Å². The molecule has 24 heavy (non-hydrogen) atoms. The third kappa shape index (κ3) is 3.32. The zero-order chi connectivity index (χ0) is 17.2. The van der Waals surface area contributed by atoms with Gasteiger partial charge in [0.2, 0.25) is 10.0 Å². The van der Waals surface area contributed by atoms with Crippen LogP contribution in [0.5, 0.6) is 0 Å². The quantitative estimate of drug-likeness (QED) is 0.918. The summed E-state index contributed by atoms with van der Waals surface area (Å²) >= 11 is 0. The molecule has 1 aliphatic heterocycles. The summed E-state index contributed by atoms with van der Waals surface area (Å²) in [6.07, 6.45) is 4.46. The normalized spacial score (nSPS) is 19.1. The van der Waals surface area contributed by atoms with E-state index in [1.54, 1.807) is 24.3 Å². The molecular formula is C17H18N2O4S. The maximum atomic E-state index is 12.7. The smallest absolute Gasteiger partial charge is 0.335 e. The molecule has 1 aliphatic rings. The Labute approximate surface area is 140 Å². The van der Waals surface area contributed by atoms with Crippen LogP contribution in [0.2, 0.25) is 0 Å². The number of pyridine rings is 1. The minimum Gasteiger partial charge on any atom is -0.478 e. The fourth-order valence-electron chi connectivity index (χ4n) is 3.01. The highest BCUT2D eigenvalue weighted by atomic mass is 32.2. The van der Waals surface area contributed by atoms with Gasteiger partial charge < -0.3 is 5.11 Å². The molecule has 0 amide bonds. The van der Waals surface area contributed by atoms with E-state index in [1.807, 2.05) is 6.07 Å². The number of piperidine rings is 1. The van der Waals surface area contributed by atoms with E-state index in [0.29, 0.717) is 13.1 Å². The van der Waals surface area contributed by atoms with E-state index in [9.17, 15) is 13.2 Å². The standard InChI is InChI=1S/C17H18N2O4S/c20-17(21)14-5-1-4-13(10-14)15-6-3-9-19(12-15)24(22,23)16-7-2-8-18-11-16/h1-2,4-5,7-8,10-11,15H,3,6,9,12H2,(H,20,21). The van der Waals surface area contributed by atoms with Crippen molar-refractivity contribution in [3.8, 4) is 0 Å². The Bertz CT molecular complexity index is 837. The summed E-state index contributed by atoms with van der Waals surface area (Å²) in [5.74, 6) is -0.989. The van der Waals surface area contributed by atoms with Crippen LogP contribution in [0.1, 0.15) is 34.7 Å². The molecular weight excluding hydrogens is 328 g/mol. The number of aromatic carboxylic acids is 1. The SMILES string of the molecule is O=C(O)c1cccc(C2CCCN(S(=O)(=O)c3cccnc3)C2)c1. The lowest BCUT2D eigenvalue weighted by Crippen LogP contribution is -2.39. The first-order valence-electron chi connectivity index (χ1n) is 7.72. The van der Waals surface area contributed by atoms with Crippen molar-refractivity contribution < 1.29 is 18.3 Å². The predicted molar refractivity (Wildman–Crippen MR) is 88.4 cm³/mol. The van der Waals surface area contributed by atoms with Crippen molar-refractivity contribution in [3.05, 3.63) is 59.9 Å². The molecule has 1 fully saturated rings. The average Bonchev–Trinajstić information content (AvgIpc) is 2.62. The van der Waals surface area contributed by atoms with Crippen molar-refractivity contribution in [1.29, 1.82) is 0 Å². The highest BCUT2D eigenvalue weighted by Gasteiger charge is 2.31. The first-order chi connectivity index (χ1) is 11.5. The van der Waals surface area contributed by atoms with Crippen LogP contribution in [0.15, 0.2) is 53.7 Å². The first-order valence-corrected chi connectivity index (χ1v) is 9.16. The third-order valence-corrected chi connectivity index (χ3v) is 6.11. The number of nitrogens with zero attached hydrogens (tertiary/aromatic N) is 2. The molecule has 0 radical (unpaired) electrons. The Kier molecular flexibility index (Phi) is 4.64. The molecule has 0 spiro atoms. The number of carboxylic acids is 1. The Balaban J connectivity index is 1.85. The highest BCUT2D eigenvalue weighted by Crippen LogP contribution is 2.30. The van der Waals surface area contributed by atoms with Crippen molar-refractivity contribution in [1.82, 2.24) is 9.29 Å². The van der Waals surface area contributed by atoms with Crippen LogP contribution in [-0.2, 0) is 10.0 Å². The predicted octanol–water partition coefficient (Wildman–Crippen LogP) is 2.35. The van der Waals surface area contributed by atoms with Gasteiger partial charge in [-0.2, -0.15) is 4.31 Å². The van der Waals surface area contributed by atoms with Gasteiger partial charge in [-0.05, 0) is 48.6 Å². The molecule has 3 rings (SSSR count). The number of hydrogen-bond acceptors (Lipinski definition) is 4. The Hall–Kier alpha value is -2.25.